The third-order valence-electron chi connectivity index (χ3n) is 1.58. The molecule has 0 rings (SSSR count). The van der Waals surface area contributed by atoms with Crippen molar-refractivity contribution < 1.29 is 23.9 Å². The van der Waals surface area contributed by atoms with Gasteiger partial charge in [-0.2, -0.15) is 4.90 Å². The van der Waals surface area contributed by atoms with Crippen molar-refractivity contribution in [2.24, 2.45) is 0 Å². The zero-order chi connectivity index (χ0) is 15.4. The second-order valence-corrected chi connectivity index (χ2v) is 5.91. The molecule has 0 aliphatic carbocycles. The smallest absolute Gasteiger partial charge is 0.424 e. The quantitative estimate of drug-likeness (QED) is 0.570. The molecule has 0 radical (unpaired) electrons. The van der Waals surface area contributed by atoms with Crippen LogP contribution in [-0.2, 0) is 14.3 Å². The highest BCUT2D eigenvalue weighted by atomic mass is 16.6. The number of carbonyl (C=O) groups is 3. The Morgan fingerprint density at radius 1 is 0.947 bits per heavy atom. The van der Waals surface area contributed by atoms with Crippen molar-refractivity contribution in [1.82, 2.24) is 4.90 Å². The van der Waals surface area contributed by atoms with Crippen LogP contribution >= 0.6 is 0 Å². The Labute approximate surface area is 113 Å². The monoisotopic (exact) mass is 271 g/mol. The highest BCUT2D eigenvalue weighted by Gasteiger charge is 2.32. The predicted octanol–water partition coefficient (Wildman–Crippen LogP) is 2.87. The predicted molar refractivity (Wildman–Crippen MR) is 69.5 cm³/mol. The first kappa shape index (κ1) is 17.2. The van der Waals surface area contributed by atoms with Crippen molar-refractivity contribution in [1.29, 1.82) is 0 Å². The summed E-state index contributed by atoms with van der Waals surface area (Å²) in [6.07, 6.45) is -1.72. The molecule has 0 aromatic rings. The Morgan fingerprint density at radius 2 is 1.26 bits per heavy atom. The number of amides is 2. The molecule has 19 heavy (non-hydrogen) atoms. The molecule has 0 aromatic heterocycles. The fourth-order valence-electron chi connectivity index (χ4n) is 0.977. The second kappa shape index (κ2) is 5.86. The van der Waals surface area contributed by atoms with Crippen LogP contribution in [0.5, 0.6) is 0 Å². The zero-order valence-electron chi connectivity index (χ0n) is 12.3. The molecule has 2 amide bonds. The molecule has 0 atom stereocenters. The van der Waals surface area contributed by atoms with Crippen LogP contribution in [0.15, 0.2) is 12.3 Å². The van der Waals surface area contributed by atoms with E-state index >= 15 is 0 Å². The Bertz CT molecular complexity index is 359. The van der Waals surface area contributed by atoms with Crippen LogP contribution in [-0.4, -0.2) is 34.6 Å². The largest absolute Gasteiger partial charge is 0.443 e. The maximum absolute atomic E-state index is 11.9. The van der Waals surface area contributed by atoms with Crippen molar-refractivity contribution in [3.8, 4) is 0 Å². The summed E-state index contributed by atoms with van der Waals surface area (Å²) in [5, 5.41) is 0. The van der Waals surface area contributed by atoms with E-state index < -0.39 is 23.4 Å². The average Bonchev–Trinajstić information content (AvgIpc) is 2.11. The molecule has 0 unspecified atom stereocenters. The van der Waals surface area contributed by atoms with Gasteiger partial charge in [0.1, 0.15) is 11.2 Å². The Morgan fingerprint density at radius 3 is 1.47 bits per heavy atom. The first-order valence-electron chi connectivity index (χ1n) is 5.77. The number of ether oxygens (including phenoxy) is 2. The summed E-state index contributed by atoms with van der Waals surface area (Å²) in [6, 6.07) is 0. The first-order chi connectivity index (χ1) is 8.37. The van der Waals surface area contributed by atoms with Crippen LogP contribution in [0.4, 0.5) is 9.59 Å². The highest BCUT2D eigenvalue weighted by Crippen LogP contribution is 2.16. The van der Waals surface area contributed by atoms with Crippen molar-refractivity contribution in [2.75, 3.05) is 0 Å². The third kappa shape index (κ3) is 6.59. The molecular formula is C13H21NO5. The van der Waals surface area contributed by atoms with Gasteiger partial charge in [-0.1, -0.05) is 6.58 Å². The molecule has 0 aliphatic rings. The van der Waals surface area contributed by atoms with Crippen molar-refractivity contribution in [3.05, 3.63) is 12.3 Å². The summed E-state index contributed by atoms with van der Waals surface area (Å²) in [4.78, 5) is 34.9. The molecule has 0 heterocycles. The van der Waals surface area contributed by atoms with Gasteiger partial charge in [0.05, 0.1) is 5.70 Å². The number of nitrogens with zero attached hydrogens (tertiary/aromatic N) is 1. The van der Waals surface area contributed by atoms with Gasteiger partial charge >= 0.3 is 12.2 Å². The van der Waals surface area contributed by atoms with E-state index in [1.165, 1.54) is 0 Å². The summed E-state index contributed by atoms with van der Waals surface area (Å²) in [6.45, 7) is 13.2. The average molecular weight is 271 g/mol. The summed E-state index contributed by atoms with van der Waals surface area (Å²) in [5.74, 6) is 0. The van der Waals surface area contributed by atoms with Crippen LogP contribution in [0.25, 0.3) is 0 Å². The fourth-order valence-corrected chi connectivity index (χ4v) is 0.977. The van der Waals surface area contributed by atoms with Gasteiger partial charge in [0.25, 0.3) is 0 Å². The van der Waals surface area contributed by atoms with Crippen LogP contribution in [0.1, 0.15) is 41.5 Å². The lowest BCUT2D eigenvalue weighted by atomic mass is 10.2. The number of aldehydes is 1. The minimum Gasteiger partial charge on any atom is -0.443 e. The summed E-state index contributed by atoms with van der Waals surface area (Å²) in [7, 11) is 0. The van der Waals surface area contributed by atoms with E-state index in [2.05, 4.69) is 6.58 Å². The Kier molecular flexibility index (Phi) is 5.29. The highest BCUT2D eigenvalue weighted by molar-refractivity contribution is 5.96. The van der Waals surface area contributed by atoms with E-state index in [9.17, 15) is 14.4 Å². The lowest BCUT2D eigenvalue weighted by molar-refractivity contribution is -0.106. The minimum atomic E-state index is -1.00. The van der Waals surface area contributed by atoms with E-state index in [0.717, 1.165) is 0 Å². The number of hydrogen-bond donors (Lipinski definition) is 0. The van der Waals surface area contributed by atoms with Crippen molar-refractivity contribution in [2.45, 2.75) is 52.7 Å². The van der Waals surface area contributed by atoms with Gasteiger partial charge in [0.15, 0.2) is 6.29 Å². The van der Waals surface area contributed by atoms with Gasteiger partial charge < -0.3 is 9.47 Å². The number of allylic oxidation sites excluding steroid dienone is 1. The molecule has 0 aromatic carbocycles. The maximum Gasteiger partial charge on any atom is 0.424 e. The van der Waals surface area contributed by atoms with Gasteiger partial charge in [-0.3, -0.25) is 4.79 Å². The van der Waals surface area contributed by atoms with Gasteiger partial charge in [-0.25, -0.2) is 9.59 Å². The molecule has 6 nitrogen and oxygen atoms in total. The normalized spacial score (nSPS) is 11.5. The standard InChI is InChI=1S/C13H21NO5/c1-9(8-15)14(10(16)18-12(2,3)4)11(17)19-13(5,6)7/h8H,1H2,2-7H3. The molecule has 0 bridgehead atoms. The van der Waals surface area contributed by atoms with E-state index in [1.807, 2.05) is 0 Å². The number of hydrogen-bond acceptors (Lipinski definition) is 5. The minimum absolute atomic E-state index is 0.286. The van der Waals surface area contributed by atoms with E-state index in [1.54, 1.807) is 41.5 Å². The van der Waals surface area contributed by atoms with Gasteiger partial charge in [-0.15, -0.1) is 0 Å². The number of imide groups is 1. The summed E-state index contributed by atoms with van der Waals surface area (Å²) < 4.78 is 10.0. The molecule has 0 spiro atoms. The van der Waals surface area contributed by atoms with Gasteiger partial charge in [-0.05, 0) is 41.5 Å². The molecule has 0 saturated carbocycles. The Hall–Kier alpha value is -1.85. The molecule has 108 valence electrons. The van der Waals surface area contributed by atoms with E-state index in [-0.39, 0.29) is 12.0 Å². The summed E-state index contributed by atoms with van der Waals surface area (Å²) >= 11 is 0. The van der Waals surface area contributed by atoms with Crippen LogP contribution in [0.3, 0.4) is 0 Å². The SMILES string of the molecule is C=C(C=O)N(C(=O)OC(C)(C)C)C(=O)OC(C)(C)C. The number of carbonyl (C=O) groups excluding carboxylic acids is 3. The summed E-state index contributed by atoms with van der Waals surface area (Å²) in [5.41, 5.74) is -1.95. The van der Waals surface area contributed by atoms with Crippen LogP contribution in [0, 0.1) is 0 Å². The van der Waals surface area contributed by atoms with Gasteiger partial charge in [0, 0.05) is 0 Å². The third-order valence-corrected chi connectivity index (χ3v) is 1.58. The maximum atomic E-state index is 11.9. The molecule has 0 aliphatic heterocycles. The molecular weight excluding hydrogens is 250 g/mol. The van der Waals surface area contributed by atoms with Crippen molar-refractivity contribution in [3.63, 3.8) is 0 Å². The molecule has 0 fully saturated rings. The number of rotatable bonds is 2. The molecule has 0 N–H and O–H groups in total. The fraction of sp³-hybridized carbons (Fsp3) is 0.615. The van der Waals surface area contributed by atoms with Crippen LogP contribution in [0.2, 0.25) is 0 Å². The topological polar surface area (TPSA) is 72.9 Å². The lowest BCUT2D eigenvalue weighted by Gasteiger charge is -2.28. The van der Waals surface area contributed by atoms with E-state index in [4.69, 9.17) is 9.47 Å². The van der Waals surface area contributed by atoms with Gasteiger partial charge in [0.2, 0.25) is 0 Å². The van der Waals surface area contributed by atoms with E-state index in [0.29, 0.717) is 4.90 Å². The zero-order valence-corrected chi connectivity index (χ0v) is 12.3. The molecule has 6 heteroatoms. The molecule has 0 saturated heterocycles. The second-order valence-electron chi connectivity index (χ2n) is 5.91. The Balaban J connectivity index is 5.13. The lowest BCUT2D eigenvalue weighted by Crippen LogP contribution is -2.43. The van der Waals surface area contributed by atoms with Crippen molar-refractivity contribution >= 4 is 18.5 Å². The van der Waals surface area contributed by atoms with Crippen LogP contribution < -0.4 is 0 Å². The first-order valence-corrected chi connectivity index (χ1v) is 5.77.